The molecule has 0 aliphatic rings. The SMILES string of the molecule is CC(CO)c1cccc(O)c1. The van der Waals surface area contributed by atoms with E-state index in [9.17, 15) is 0 Å². The van der Waals surface area contributed by atoms with E-state index in [2.05, 4.69) is 0 Å². The van der Waals surface area contributed by atoms with Crippen LogP contribution in [0.15, 0.2) is 24.3 Å². The second-order valence-electron chi connectivity index (χ2n) is 2.68. The van der Waals surface area contributed by atoms with Crippen LogP contribution in [-0.4, -0.2) is 16.8 Å². The Morgan fingerprint density at radius 2 is 2.18 bits per heavy atom. The van der Waals surface area contributed by atoms with E-state index in [1.165, 1.54) is 0 Å². The standard InChI is InChI=1S/C9H12O2/c1-7(6-10)8-3-2-4-9(11)5-8/h2-5,7,10-11H,6H2,1H3. The number of aliphatic hydroxyl groups excluding tert-OH is 1. The van der Waals surface area contributed by atoms with Crippen LogP contribution in [0.1, 0.15) is 18.4 Å². The second-order valence-corrected chi connectivity index (χ2v) is 2.68. The molecule has 2 N–H and O–H groups in total. The molecule has 0 amide bonds. The van der Waals surface area contributed by atoms with E-state index in [-0.39, 0.29) is 18.3 Å². The minimum absolute atomic E-state index is 0.0992. The van der Waals surface area contributed by atoms with Crippen LogP contribution in [0.25, 0.3) is 0 Å². The van der Waals surface area contributed by atoms with Gasteiger partial charge in [-0.1, -0.05) is 19.1 Å². The van der Waals surface area contributed by atoms with Gasteiger partial charge >= 0.3 is 0 Å². The zero-order valence-electron chi connectivity index (χ0n) is 6.49. The summed E-state index contributed by atoms with van der Waals surface area (Å²) in [6, 6.07) is 6.95. The number of phenols is 1. The topological polar surface area (TPSA) is 40.5 Å². The molecule has 0 radical (unpaired) electrons. The van der Waals surface area contributed by atoms with Gasteiger partial charge in [0.05, 0.1) is 0 Å². The van der Waals surface area contributed by atoms with Gasteiger partial charge in [-0.2, -0.15) is 0 Å². The molecule has 60 valence electrons. The van der Waals surface area contributed by atoms with Crippen molar-refractivity contribution in [1.29, 1.82) is 0 Å². The first-order chi connectivity index (χ1) is 5.24. The Morgan fingerprint density at radius 3 is 2.73 bits per heavy atom. The lowest BCUT2D eigenvalue weighted by atomic mass is 10.0. The van der Waals surface area contributed by atoms with Crippen molar-refractivity contribution in [3.8, 4) is 5.75 Å². The van der Waals surface area contributed by atoms with Crippen molar-refractivity contribution in [3.63, 3.8) is 0 Å². The van der Waals surface area contributed by atoms with Crippen molar-refractivity contribution in [3.05, 3.63) is 29.8 Å². The lowest BCUT2D eigenvalue weighted by Crippen LogP contribution is -1.97. The fourth-order valence-electron chi connectivity index (χ4n) is 0.937. The third-order valence-electron chi connectivity index (χ3n) is 1.71. The maximum absolute atomic E-state index is 9.08. The molecular weight excluding hydrogens is 140 g/mol. The molecule has 0 saturated carbocycles. The smallest absolute Gasteiger partial charge is 0.115 e. The summed E-state index contributed by atoms with van der Waals surface area (Å²) in [7, 11) is 0. The van der Waals surface area contributed by atoms with E-state index < -0.39 is 0 Å². The predicted molar refractivity (Wildman–Crippen MR) is 43.6 cm³/mol. The van der Waals surface area contributed by atoms with Crippen molar-refractivity contribution in [2.24, 2.45) is 0 Å². The molecule has 0 aliphatic heterocycles. The summed E-state index contributed by atoms with van der Waals surface area (Å²) in [6.07, 6.45) is 0. The maximum Gasteiger partial charge on any atom is 0.115 e. The average Bonchev–Trinajstić information content (AvgIpc) is 2.03. The molecule has 2 heteroatoms. The summed E-state index contributed by atoms with van der Waals surface area (Å²) in [5, 5.41) is 17.9. The molecule has 1 unspecified atom stereocenters. The van der Waals surface area contributed by atoms with E-state index in [4.69, 9.17) is 10.2 Å². The zero-order chi connectivity index (χ0) is 8.27. The number of benzene rings is 1. The monoisotopic (exact) mass is 152 g/mol. The molecule has 1 aromatic rings. The second kappa shape index (κ2) is 3.39. The Kier molecular flexibility index (Phi) is 2.49. The van der Waals surface area contributed by atoms with Gasteiger partial charge in [-0.05, 0) is 17.7 Å². The molecule has 0 saturated heterocycles. The highest BCUT2D eigenvalue weighted by atomic mass is 16.3. The van der Waals surface area contributed by atoms with Crippen LogP contribution in [0.2, 0.25) is 0 Å². The fourth-order valence-corrected chi connectivity index (χ4v) is 0.937. The highest BCUT2D eigenvalue weighted by Crippen LogP contribution is 2.18. The molecule has 0 fully saturated rings. The fraction of sp³-hybridized carbons (Fsp3) is 0.333. The number of hydrogen-bond acceptors (Lipinski definition) is 2. The first-order valence-electron chi connectivity index (χ1n) is 3.64. The molecular formula is C9H12O2. The first-order valence-corrected chi connectivity index (χ1v) is 3.64. The Balaban J connectivity index is 2.86. The van der Waals surface area contributed by atoms with Gasteiger partial charge in [-0.3, -0.25) is 0 Å². The van der Waals surface area contributed by atoms with Crippen LogP contribution < -0.4 is 0 Å². The molecule has 0 aliphatic carbocycles. The highest BCUT2D eigenvalue weighted by molar-refractivity contribution is 5.29. The zero-order valence-corrected chi connectivity index (χ0v) is 6.49. The number of rotatable bonds is 2. The van der Waals surface area contributed by atoms with Crippen molar-refractivity contribution in [2.75, 3.05) is 6.61 Å². The number of aliphatic hydroxyl groups is 1. The van der Waals surface area contributed by atoms with Gasteiger partial charge in [0, 0.05) is 12.5 Å². The van der Waals surface area contributed by atoms with E-state index in [1.807, 2.05) is 13.0 Å². The number of hydrogen-bond donors (Lipinski definition) is 2. The number of phenolic OH excluding ortho intramolecular Hbond substituents is 1. The average molecular weight is 152 g/mol. The van der Waals surface area contributed by atoms with Crippen LogP contribution in [0.3, 0.4) is 0 Å². The van der Waals surface area contributed by atoms with E-state index in [0.717, 1.165) is 5.56 Å². The largest absolute Gasteiger partial charge is 0.508 e. The summed E-state index contributed by atoms with van der Waals surface area (Å²) >= 11 is 0. The lowest BCUT2D eigenvalue weighted by molar-refractivity contribution is 0.273. The minimum Gasteiger partial charge on any atom is -0.508 e. The Hall–Kier alpha value is -1.02. The lowest BCUT2D eigenvalue weighted by Gasteiger charge is -2.07. The predicted octanol–water partition coefficient (Wildman–Crippen LogP) is 1.49. The van der Waals surface area contributed by atoms with Crippen LogP contribution in [0, 0.1) is 0 Å². The summed E-state index contributed by atoms with van der Waals surface area (Å²) in [4.78, 5) is 0. The van der Waals surface area contributed by atoms with Gasteiger partial charge in [0.1, 0.15) is 5.75 Å². The quantitative estimate of drug-likeness (QED) is 0.674. The molecule has 0 spiro atoms. The van der Waals surface area contributed by atoms with Crippen molar-refractivity contribution in [1.82, 2.24) is 0 Å². The van der Waals surface area contributed by atoms with Gasteiger partial charge in [0.15, 0.2) is 0 Å². The number of aromatic hydroxyl groups is 1. The normalized spacial score (nSPS) is 12.9. The van der Waals surface area contributed by atoms with Gasteiger partial charge < -0.3 is 10.2 Å². The first kappa shape index (κ1) is 8.08. The minimum atomic E-state index is 0.0992. The Bertz CT molecular complexity index is 233. The summed E-state index contributed by atoms with van der Waals surface area (Å²) in [5.41, 5.74) is 0.965. The maximum atomic E-state index is 9.08. The molecule has 1 aromatic carbocycles. The van der Waals surface area contributed by atoms with Gasteiger partial charge in [0.2, 0.25) is 0 Å². The summed E-state index contributed by atoms with van der Waals surface area (Å²) in [6.45, 7) is 2.03. The molecule has 2 nitrogen and oxygen atoms in total. The summed E-state index contributed by atoms with van der Waals surface area (Å²) < 4.78 is 0. The van der Waals surface area contributed by atoms with E-state index in [1.54, 1.807) is 18.2 Å². The van der Waals surface area contributed by atoms with Crippen LogP contribution in [0.4, 0.5) is 0 Å². The van der Waals surface area contributed by atoms with Crippen LogP contribution in [-0.2, 0) is 0 Å². The van der Waals surface area contributed by atoms with Crippen LogP contribution in [0.5, 0.6) is 5.75 Å². The molecule has 0 bridgehead atoms. The summed E-state index contributed by atoms with van der Waals surface area (Å²) in [5.74, 6) is 0.352. The third kappa shape index (κ3) is 1.95. The van der Waals surface area contributed by atoms with Gasteiger partial charge in [0.25, 0.3) is 0 Å². The van der Waals surface area contributed by atoms with Crippen molar-refractivity contribution in [2.45, 2.75) is 12.8 Å². The van der Waals surface area contributed by atoms with Crippen molar-refractivity contribution < 1.29 is 10.2 Å². The van der Waals surface area contributed by atoms with Crippen molar-refractivity contribution >= 4 is 0 Å². The van der Waals surface area contributed by atoms with Crippen LogP contribution >= 0.6 is 0 Å². The van der Waals surface area contributed by atoms with E-state index in [0.29, 0.717) is 0 Å². The molecule has 0 aromatic heterocycles. The third-order valence-corrected chi connectivity index (χ3v) is 1.71. The van der Waals surface area contributed by atoms with Gasteiger partial charge in [-0.25, -0.2) is 0 Å². The Morgan fingerprint density at radius 1 is 1.45 bits per heavy atom. The molecule has 11 heavy (non-hydrogen) atoms. The molecule has 1 atom stereocenters. The van der Waals surface area contributed by atoms with Gasteiger partial charge in [-0.15, -0.1) is 0 Å². The Labute approximate surface area is 66.1 Å². The molecule has 0 heterocycles. The van der Waals surface area contributed by atoms with E-state index >= 15 is 0 Å². The molecule has 1 rings (SSSR count). The highest BCUT2D eigenvalue weighted by Gasteiger charge is 2.02.